The van der Waals surface area contributed by atoms with Gasteiger partial charge in [0, 0.05) is 24.9 Å². The molecule has 2 heterocycles. The predicted molar refractivity (Wildman–Crippen MR) is 58.0 cm³/mol. The molecule has 1 aliphatic heterocycles. The first-order valence-corrected chi connectivity index (χ1v) is 5.27. The minimum Gasteiger partial charge on any atom is -0.341 e. The summed E-state index contributed by atoms with van der Waals surface area (Å²) in [6, 6.07) is 2.80. The van der Waals surface area contributed by atoms with Crippen molar-refractivity contribution >= 4 is 5.91 Å². The first-order chi connectivity index (χ1) is 7.58. The number of aromatic nitrogens is 1. The van der Waals surface area contributed by atoms with Crippen molar-refractivity contribution in [3.63, 3.8) is 0 Å². The van der Waals surface area contributed by atoms with Crippen LogP contribution in [0.15, 0.2) is 23.1 Å². The number of carbonyl (C=O) groups is 1. The van der Waals surface area contributed by atoms with E-state index in [1.54, 1.807) is 10.8 Å². The van der Waals surface area contributed by atoms with Crippen LogP contribution in [0.4, 0.5) is 0 Å². The molecule has 1 aliphatic rings. The van der Waals surface area contributed by atoms with Crippen LogP contribution in [0.2, 0.25) is 0 Å². The van der Waals surface area contributed by atoms with Crippen molar-refractivity contribution in [3.05, 3.63) is 34.2 Å². The summed E-state index contributed by atoms with van der Waals surface area (Å²) in [7, 11) is 0. The summed E-state index contributed by atoms with van der Waals surface area (Å²) in [4.78, 5) is 28.5. The lowest BCUT2D eigenvalue weighted by Crippen LogP contribution is -2.42. The Balaban J connectivity index is 2.31. The zero-order valence-corrected chi connectivity index (χ0v) is 9.34. The van der Waals surface area contributed by atoms with Crippen LogP contribution in [0.25, 0.3) is 0 Å². The van der Waals surface area contributed by atoms with Crippen LogP contribution >= 0.6 is 0 Å². The lowest BCUT2D eigenvalue weighted by atomic mass is 10.2. The molecule has 1 aromatic heterocycles. The first kappa shape index (κ1) is 10.9. The van der Waals surface area contributed by atoms with E-state index in [2.05, 4.69) is 0 Å². The summed E-state index contributed by atoms with van der Waals surface area (Å²) < 4.78 is 1.77. The number of fused-ring (bicyclic) bond motifs is 1. The van der Waals surface area contributed by atoms with E-state index in [0.29, 0.717) is 18.8 Å². The van der Waals surface area contributed by atoms with Crippen LogP contribution < -0.4 is 5.43 Å². The molecular weight excluding hydrogens is 208 g/mol. The van der Waals surface area contributed by atoms with Crippen LogP contribution in [0.5, 0.6) is 0 Å². The van der Waals surface area contributed by atoms with Gasteiger partial charge in [-0.1, -0.05) is 0 Å². The molecule has 0 spiro atoms. The predicted octanol–water partition coefficient (Wildman–Crippen LogP) is 0.644. The third-order valence-corrected chi connectivity index (χ3v) is 2.33. The topological polar surface area (TPSA) is 51.5 Å². The van der Waals surface area contributed by atoms with E-state index in [9.17, 15) is 9.59 Å². The molecule has 0 aliphatic carbocycles. The summed E-state index contributed by atoms with van der Waals surface area (Å²) in [6.07, 6.45) is 1.59. The van der Waals surface area contributed by atoms with Gasteiger partial charge in [-0.3, -0.25) is 14.4 Å². The fraction of sp³-hybridized carbons (Fsp3) is 0.455. The van der Waals surface area contributed by atoms with Crippen molar-refractivity contribution in [1.82, 2.24) is 9.63 Å². The molecular formula is C11H14N2O3. The van der Waals surface area contributed by atoms with Crippen LogP contribution in [-0.4, -0.2) is 28.2 Å². The fourth-order valence-electron chi connectivity index (χ4n) is 1.67. The molecule has 0 saturated heterocycles. The average Bonchev–Trinajstić information content (AvgIpc) is 2.22. The number of nitrogens with zero attached hydrogens (tertiary/aromatic N) is 2. The second kappa shape index (κ2) is 4.09. The second-order valence-electron chi connectivity index (χ2n) is 4.00. The Morgan fingerprint density at radius 3 is 2.75 bits per heavy atom. The Morgan fingerprint density at radius 1 is 1.31 bits per heavy atom. The lowest BCUT2D eigenvalue weighted by molar-refractivity contribution is -0.157. The number of hydrogen-bond donors (Lipinski definition) is 0. The lowest BCUT2D eigenvalue weighted by Gasteiger charge is -2.29. The Bertz CT molecular complexity index is 465. The van der Waals surface area contributed by atoms with Gasteiger partial charge in [0.1, 0.15) is 5.69 Å². The summed E-state index contributed by atoms with van der Waals surface area (Å²) >= 11 is 0. The van der Waals surface area contributed by atoms with Crippen LogP contribution in [0.1, 0.15) is 24.3 Å². The molecule has 0 atom stereocenters. The zero-order valence-electron chi connectivity index (χ0n) is 9.34. The van der Waals surface area contributed by atoms with Crippen molar-refractivity contribution in [1.29, 1.82) is 0 Å². The van der Waals surface area contributed by atoms with Crippen molar-refractivity contribution in [2.24, 2.45) is 0 Å². The molecule has 0 fully saturated rings. The van der Waals surface area contributed by atoms with E-state index >= 15 is 0 Å². The second-order valence-corrected chi connectivity index (χ2v) is 4.00. The quantitative estimate of drug-likeness (QED) is 0.738. The Kier molecular flexibility index (Phi) is 2.78. The minimum atomic E-state index is -0.252. The van der Waals surface area contributed by atoms with Gasteiger partial charge in [0.2, 0.25) is 0 Å². The van der Waals surface area contributed by atoms with E-state index in [-0.39, 0.29) is 17.4 Å². The standard InChI is InChI=1S/C11H14N2O3/c1-8(2)16-13-6-5-12-4-3-9(14)7-10(12)11(13)15/h3-4,7-8H,5-6H2,1-2H3. The van der Waals surface area contributed by atoms with Gasteiger partial charge in [0.05, 0.1) is 12.6 Å². The largest absolute Gasteiger partial charge is 0.341 e. The van der Waals surface area contributed by atoms with Gasteiger partial charge >= 0.3 is 0 Å². The monoisotopic (exact) mass is 222 g/mol. The van der Waals surface area contributed by atoms with E-state index in [4.69, 9.17) is 4.84 Å². The number of rotatable bonds is 2. The molecule has 0 bridgehead atoms. The molecule has 5 heteroatoms. The van der Waals surface area contributed by atoms with Crippen LogP contribution in [-0.2, 0) is 11.4 Å². The highest BCUT2D eigenvalue weighted by atomic mass is 16.7. The number of hydroxylamine groups is 2. The number of pyridine rings is 1. The van der Waals surface area contributed by atoms with E-state index in [1.807, 2.05) is 13.8 Å². The molecule has 0 aromatic carbocycles. The van der Waals surface area contributed by atoms with Crippen molar-refractivity contribution in [2.45, 2.75) is 26.5 Å². The molecule has 86 valence electrons. The highest BCUT2D eigenvalue weighted by molar-refractivity contribution is 5.92. The van der Waals surface area contributed by atoms with Gasteiger partial charge in [-0.25, -0.2) is 5.06 Å². The highest BCUT2D eigenvalue weighted by Crippen LogP contribution is 2.11. The highest BCUT2D eigenvalue weighted by Gasteiger charge is 2.25. The molecule has 0 N–H and O–H groups in total. The first-order valence-electron chi connectivity index (χ1n) is 5.27. The summed E-state index contributed by atoms with van der Waals surface area (Å²) in [5.41, 5.74) is 0.227. The Morgan fingerprint density at radius 2 is 2.06 bits per heavy atom. The molecule has 0 saturated carbocycles. The maximum atomic E-state index is 11.9. The van der Waals surface area contributed by atoms with Crippen molar-refractivity contribution < 1.29 is 9.63 Å². The normalized spacial score (nSPS) is 15.4. The van der Waals surface area contributed by atoms with Gasteiger partial charge in [0.15, 0.2) is 5.43 Å². The zero-order chi connectivity index (χ0) is 11.7. The third-order valence-electron chi connectivity index (χ3n) is 2.33. The smallest absolute Gasteiger partial charge is 0.294 e. The Hall–Kier alpha value is -1.62. The van der Waals surface area contributed by atoms with Crippen molar-refractivity contribution in [3.8, 4) is 0 Å². The molecule has 1 amide bonds. The SMILES string of the molecule is CC(C)ON1CCn2ccc(=O)cc2C1=O. The van der Waals surface area contributed by atoms with Gasteiger partial charge in [0.25, 0.3) is 5.91 Å². The third kappa shape index (κ3) is 1.99. The summed E-state index contributed by atoms with van der Waals surface area (Å²) in [6.45, 7) is 4.88. The molecule has 0 radical (unpaired) electrons. The summed E-state index contributed by atoms with van der Waals surface area (Å²) in [5, 5.41) is 1.32. The minimum absolute atomic E-state index is 0.0501. The van der Waals surface area contributed by atoms with Crippen LogP contribution in [0.3, 0.4) is 0 Å². The average molecular weight is 222 g/mol. The van der Waals surface area contributed by atoms with E-state index in [1.165, 1.54) is 17.2 Å². The fourth-order valence-corrected chi connectivity index (χ4v) is 1.67. The van der Waals surface area contributed by atoms with Crippen LogP contribution in [0, 0.1) is 0 Å². The van der Waals surface area contributed by atoms with Gasteiger partial charge in [-0.05, 0) is 13.8 Å². The summed E-state index contributed by atoms with van der Waals surface area (Å²) in [5.74, 6) is -0.252. The van der Waals surface area contributed by atoms with Gasteiger partial charge in [-0.15, -0.1) is 0 Å². The van der Waals surface area contributed by atoms with Gasteiger partial charge in [-0.2, -0.15) is 0 Å². The number of carbonyl (C=O) groups excluding carboxylic acids is 1. The maximum Gasteiger partial charge on any atom is 0.294 e. The number of hydrogen-bond acceptors (Lipinski definition) is 3. The maximum absolute atomic E-state index is 11.9. The Labute approximate surface area is 93.2 Å². The van der Waals surface area contributed by atoms with Crippen molar-refractivity contribution in [2.75, 3.05) is 6.54 Å². The molecule has 0 unspecified atom stereocenters. The molecule has 1 aromatic rings. The molecule has 2 rings (SSSR count). The molecule has 5 nitrogen and oxygen atoms in total. The number of amides is 1. The molecule has 16 heavy (non-hydrogen) atoms. The van der Waals surface area contributed by atoms with E-state index < -0.39 is 0 Å². The van der Waals surface area contributed by atoms with Gasteiger partial charge < -0.3 is 4.57 Å². The van der Waals surface area contributed by atoms with E-state index in [0.717, 1.165) is 0 Å².